The number of allylic oxidation sites excluding steroid dienone is 1. The third kappa shape index (κ3) is 9.12. The quantitative estimate of drug-likeness (QED) is 0.345. The molecule has 0 bridgehead atoms. The van der Waals surface area contributed by atoms with E-state index in [1.54, 1.807) is 0 Å². The molecule has 0 aliphatic rings. The lowest BCUT2D eigenvalue weighted by atomic mass is 10.2. The molecule has 0 fully saturated rings. The van der Waals surface area contributed by atoms with Crippen LogP contribution in [0.1, 0.15) is 46.0 Å². The van der Waals surface area contributed by atoms with Crippen molar-refractivity contribution in [3.63, 3.8) is 0 Å². The first-order valence-electron chi connectivity index (χ1n) is 5.08. The normalized spacial score (nSPS) is 10.6. The third-order valence-electron chi connectivity index (χ3n) is 1.81. The number of carbonyl (C=O) groups is 1. The van der Waals surface area contributed by atoms with Gasteiger partial charge in [0.1, 0.15) is 6.61 Å². The zero-order valence-electron chi connectivity index (χ0n) is 8.71. The Labute approximate surface area is 81.0 Å². The fourth-order valence-electron chi connectivity index (χ4n) is 1.01. The Morgan fingerprint density at radius 2 is 2.08 bits per heavy atom. The minimum atomic E-state index is -0.0748. The second kappa shape index (κ2) is 9.30. The summed E-state index contributed by atoms with van der Waals surface area (Å²) in [5.41, 5.74) is 0. The lowest BCUT2D eigenvalue weighted by Gasteiger charge is -2.00. The summed E-state index contributed by atoms with van der Waals surface area (Å²) in [7, 11) is 0. The molecule has 0 aliphatic heterocycles. The van der Waals surface area contributed by atoms with Crippen LogP contribution in [0.25, 0.3) is 0 Å². The molecule has 13 heavy (non-hydrogen) atoms. The summed E-state index contributed by atoms with van der Waals surface area (Å²) >= 11 is 0. The molecule has 76 valence electrons. The lowest BCUT2D eigenvalue weighted by Crippen LogP contribution is -2.03. The molecule has 0 amide bonds. The van der Waals surface area contributed by atoms with Gasteiger partial charge in [-0.05, 0) is 13.3 Å². The van der Waals surface area contributed by atoms with Crippen LogP contribution in [0.3, 0.4) is 0 Å². The molecule has 2 nitrogen and oxygen atoms in total. The monoisotopic (exact) mass is 184 g/mol. The largest absolute Gasteiger partial charge is 0.461 e. The van der Waals surface area contributed by atoms with Crippen molar-refractivity contribution in [1.82, 2.24) is 0 Å². The molecule has 0 atom stereocenters. The molecule has 0 saturated carbocycles. The Kier molecular flexibility index (Phi) is 8.73. The molecule has 0 aromatic carbocycles. The van der Waals surface area contributed by atoms with Gasteiger partial charge in [-0.1, -0.05) is 38.3 Å². The Hall–Kier alpha value is -0.790. The van der Waals surface area contributed by atoms with E-state index in [9.17, 15) is 4.79 Å². The van der Waals surface area contributed by atoms with Gasteiger partial charge in [-0.15, -0.1) is 0 Å². The molecule has 0 N–H and O–H groups in total. The summed E-state index contributed by atoms with van der Waals surface area (Å²) in [6.07, 6.45) is 8.79. The van der Waals surface area contributed by atoms with Crippen LogP contribution < -0.4 is 0 Å². The molecular formula is C11H20O2. The minimum Gasteiger partial charge on any atom is -0.461 e. The van der Waals surface area contributed by atoms with E-state index in [4.69, 9.17) is 4.74 Å². The van der Waals surface area contributed by atoms with Crippen molar-refractivity contribution >= 4 is 5.97 Å². The molecule has 0 saturated heterocycles. The van der Waals surface area contributed by atoms with E-state index in [1.807, 2.05) is 19.1 Å². The minimum absolute atomic E-state index is 0.0748. The number of carbonyl (C=O) groups excluding carboxylic acids is 1. The van der Waals surface area contributed by atoms with Crippen LogP contribution in [-0.2, 0) is 9.53 Å². The Morgan fingerprint density at radius 1 is 1.31 bits per heavy atom. The van der Waals surface area contributed by atoms with Gasteiger partial charge >= 0.3 is 5.97 Å². The van der Waals surface area contributed by atoms with E-state index in [1.165, 1.54) is 12.8 Å². The fourth-order valence-corrected chi connectivity index (χ4v) is 1.01. The summed E-state index contributed by atoms with van der Waals surface area (Å²) in [6, 6.07) is 0. The maximum absolute atomic E-state index is 11.0. The van der Waals surface area contributed by atoms with Crippen LogP contribution in [0.5, 0.6) is 0 Å². The highest BCUT2D eigenvalue weighted by atomic mass is 16.5. The first-order valence-corrected chi connectivity index (χ1v) is 5.08. The Bertz CT molecular complexity index is 150. The van der Waals surface area contributed by atoms with Crippen LogP contribution in [0.15, 0.2) is 12.2 Å². The van der Waals surface area contributed by atoms with Crippen molar-refractivity contribution in [3.05, 3.63) is 12.2 Å². The van der Waals surface area contributed by atoms with Gasteiger partial charge < -0.3 is 4.74 Å². The number of hydrogen-bond acceptors (Lipinski definition) is 2. The van der Waals surface area contributed by atoms with Crippen molar-refractivity contribution in [3.8, 4) is 0 Å². The average Bonchev–Trinajstić information content (AvgIpc) is 2.13. The van der Waals surface area contributed by atoms with Crippen LogP contribution >= 0.6 is 0 Å². The molecule has 0 heterocycles. The van der Waals surface area contributed by atoms with Crippen molar-refractivity contribution in [2.75, 3.05) is 6.61 Å². The van der Waals surface area contributed by atoms with E-state index >= 15 is 0 Å². The van der Waals surface area contributed by atoms with Gasteiger partial charge in [-0.3, -0.25) is 4.79 Å². The van der Waals surface area contributed by atoms with Gasteiger partial charge in [-0.25, -0.2) is 0 Å². The van der Waals surface area contributed by atoms with Crippen LogP contribution in [-0.4, -0.2) is 12.6 Å². The zero-order chi connectivity index (χ0) is 9.94. The number of esters is 1. The van der Waals surface area contributed by atoms with Gasteiger partial charge in [0.25, 0.3) is 0 Å². The third-order valence-corrected chi connectivity index (χ3v) is 1.81. The van der Waals surface area contributed by atoms with E-state index in [0.29, 0.717) is 13.0 Å². The predicted molar refractivity (Wildman–Crippen MR) is 54.5 cm³/mol. The van der Waals surface area contributed by atoms with Gasteiger partial charge in [0.15, 0.2) is 0 Å². The maximum Gasteiger partial charge on any atom is 0.306 e. The SMILES string of the molecule is CC=CCOC(=O)CCCCCC. The maximum atomic E-state index is 11.0. The smallest absolute Gasteiger partial charge is 0.306 e. The summed E-state index contributed by atoms with van der Waals surface area (Å²) in [6.45, 7) is 4.49. The van der Waals surface area contributed by atoms with Crippen molar-refractivity contribution in [1.29, 1.82) is 0 Å². The van der Waals surface area contributed by atoms with Crippen molar-refractivity contribution in [2.45, 2.75) is 46.0 Å². The molecular weight excluding hydrogens is 164 g/mol. The number of rotatable bonds is 7. The van der Waals surface area contributed by atoms with Crippen LogP contribution in [0, 0.1) is 0 Å². The molecule has 0 aromatic rings. The number of hydrogen-bond donors (Lipinski definition) is 0. The first kappa shape index (κ1) is 12.2. The van der Waals surface area contributed by atoms with Gasteiger partial charge in [0, 0.05) is 6.42 Å². The second-order valence-corrected chi connectivity index (χ2v) is 3.06. The highest BCUT2D eigenvalue weighted by molar-refractivity contribution is 5.69. The Morgan fingerprint density at radius 3 is 2.69 bits per heavy atom. The van der Waals surface area contributed by atoms with E-state index in [0.717, 1.165) is 12.8 Å². The second-order valence-electron chi connectivity index (χ2n) is 3.06. The van der Waals surface area contributed by atoms with Gasteiger partial charge in [0.2, 0.25) is 0 Å². The first-order chi connectivity index (χ1) is 6.31. The highest BCUT2D eigenvalue weighted by Gasteiger charge is 1.99. The average molecular weight is 184 g/mol. The topological polar surface area (TPSA) is 26.3 Å². The lowest BCUT2D eigenvalue weighted by molar-refractivity contribution is -0.142. The standard InChI is InChI=1S/C11H20O2/c1-3-5-7-8-9-11(12)13-10-6-4-2/h4,6H,3,5,7-10H2,1-2H3. The van der Waals surface area contributed by atoms with Gasteiger partial charge in [0.05, 0.1) is 0 Å². The van der Waals surface area contributed by atoms with Crippen molar-refractivity contribution < 1.29 is 9.53 Å². The summed E-state index contributed by atoms with van der Waals surface area (Å²) < 4.78 is 4.94. The van der Waals surface area contributed by atoms with Crippen LogP contribution in [0.2, 0.25) is 0 Å². The van der Waals surface area contributed by atoms with E-state index < -0.39 is 0 Å². The predicted octanol–water partition coefficient (Wildman–Crippen LogP) is 3.08. The number of unbranched alkanes of at least 4 members (excludes halogenated alkanes) is 3. The van der Waals surface area contributed by atoms with Gasteiger partial charge in [-0.2, -0.15) is 0 Å². The molecule has 0 aliphatic carbocycles. The van der Waals surface area contributed by atoms with Crippen molar-refractivity contribution in [2.24, 2.45) is 0 Å². The van der Waals surface area contributed by atoms with E-state index in [2.05, 4.69) is 6.92 Å². The van der Waals surface area contributed by atoms with Crippen LogP contribution in [0.4, 0.5) is 0 Å². The molecule has 0 spiro atoms. The molecule has 0 radical (unpaired) electrons. The molecule has 2 heteroatoms. The molecule has 0 rings (SSSR count). The molecule has 0 unspecified atom stereocenters. The zero-order valence-corrected chi connectivity index (χ0v) is 8.71. The van der Waals surface area contributed by atoms with E-state index in [-0.39, 0.29) is 5.97 Å². The summed E-state index contributed by atoms with van der Waals surface area (Å²) in [5, 5.41) is 0. The molecule has 0 aromatic heterocycles. The fraction of sp³-hybridized carbons (Fsp3) is 0.727. The summed E-state index contributed by atoms with van der Waals surface area (Å²) in [5.74, 6) is -0.0748. The Balaban J connectivity index is 3.20. The highest BCUT2D eigenvalue weighted by Crippen LogP contribution is 2.03. The summed E-state index contributed by atoms with van der Waals surface area (Å²) in [4.78, 5) is 11.0. The number of ether oxygens (including phenoxy) is 1.